The minimum absolute atomic E-state index is 0.187. The Labute approximate surface area is 132 Å². The van der Waals surface area contributed by atoms with Gasteiger partial charge < -0.3 is 5.73 Å². The van der Waals surface area contributed by atoms with Crippen LogP contribution in [0.3, 0.4) is 0 Å². The van der Waals surface area contributed by atoms with Crippen LogP contribution in [0, 0.1) is 0 Å². The Morgan fingerprint density at radius 2 is 2.05 bits per heavy atom. The fourth-order valence-electron chi connectivity index (χ4n) is 2.21. The summed E-state index contributed by atoms with van der Waals surface area (Å²) in [5.41, 5.74) is 6.59. The van der Waals surface area contributed by atoms with Crippen LogP contribution in [-0.4, -0.2) is 36.8 Å². The molecule has 4 nitrogen and oxygen atoms in total. The minimum atomic E-state index is -3.14. The molecule has 1 saturated carbocycles. The van der Waals surface area contributed by atoms with Gasteiger partial charge in [0.2, 0.25) is 10.0 Å². The van der Waals surface area contributed by atoms with Crippen LogP contribution in [-0.2, 0) is 10.0 Å². The van der Waals surface area contributed by atoms with Gasteiger partial charge in [0.05, 0.1) is 5.75 Å². The first-order valence-electron chi connectivity index (χ1n) is 7.51. The number of hydrogen-bond acceptors (Lipinski definition) is 4. The molecule has 6 heteroatoms. The van der Waals surface area contributed by atoms with Crippen molar-refractivity contribution in [2.24, 2.45) is 0 Å². The van der Waals surface area contributed by atoms with Gasteiger partial charge in [0.1, 0.15) is 0 Å². The third-order valence-electron chi connectivity index (χ3n) is 3.56. The predicted molar refractivity (Wildman–Crippen MR) is 90.0 cm³/mol. The highest BCUT2D eigenvalue weighted by Gasteiger charge is 2.36. The fourth-order valence-corrected chi connectivity index (χ4v) is 5.32. The SMILES string of the molecule is CCCCN(C1CC1)S(=O)(=O)CCSc1ccccc1N. The Bertz CT molecular complexity index is 557. The van der Waals surface area contributed by atoms with E-state index in [0.29, 0.717) is 18.0 Å². The van der Waals surface area contributed by atoms with Gasteiger partial charge in [0.25, 0.3) is 0 Å². The van der Waals surface area contributed by atoms with Gasteiger partial charge in [0, 0.05) is 28.9 Å². The number of nitrogens with zero attached hydrogens (tertiary/aromatic N) is 1. The van der Waals surface area contributed by atoms with Crippen LogP contribution in [0.5, 0.6) is 0 Å². The molecular weight excluding hydrogens is 304 g/mol. The third kappa shape index (κ3) is 4.90. The molecule has 0 atom stereocenters. The first-order valence-corrected chi connectivity index (χ1v) is 10.1. The molecule has 2 N–H and O–H groups in total. The smallest absolute Gasteiger partial charge is 0.215 e. The van der Waals surface area contributed by atoms with Gasteiger partial charge in [-0.25, -0.2) is 8.42 Å². The topological polar surface area (TPSA) is 63.4 Å². The summed E-state index contributed by atoms with van der Waals surface area (Å²) in [4.78, 5) is 0.958. The van der Waals surface area contributed by atoms with E-state index < -0.39 is 10.0 Å². The van der Waals surface area contributed by atoms with Gasteiger partial charge in [-0.3, -0.25) is 0 Å². The molecule has 21 heavy (non-hydrogen) atoms. The van der Waals surface area contributed by atoms with E-state index >= 15 is 0 Å². The normalized spacial score (nSPS) is 15.5. The molecule has 0 aliphatic heterocycles. The Hall–Kier alpha value is -0.720. The van der Waals surface area contributed by atoms with Gasteiger partial charge in [-0.05, 0) is 31.4 Å². The molecule has 1 aliphatic rings. The van der Waals surface area contributed by atoms with Crippen LogP contribution in [0.2, 0.25) is 0 Å². The number of anilines is 1. The molecular formula is C15H24N2O2S2. The lowest BCUT2D eigenvalue weighted by atomic mass is 10.3. The van der Waals surface area contributed by atoms with Crippen LogP contribution >= 0.6 is 11.8 Å². The summed E-state index contributed by atoms with van der Waals surface area (Å²) in [6.07, 6.45) is 3.99. The largest absolute Gasteiger partial charge is 0.398 e. The number of hydrogen-bond donors (Lipinski definition) is 1. The molecule has 1 aliphatic carbocycles. The van der Waals surface area contributed by atoms with Crippen LogP contribution in [0.25, 0.3) is 0 Å². The second kappa shape index (κ2) is 7.51. The molecule has 0 saturated heterocycles. The highest BCUT2D eigenvalue weighted by molar-refractivity contribution is 8.00. The average Bonchev–Trinajstić information content (AvgIpc) is 3.26. The summed E-state index contributed by atoms with van der Waals surface area (Å²) in [5.74, 6) is 0.734. The van der Waals surface area contributed by atoms with Crippen molar-refractivity contribution in [3.05, 3.63) is 24.3 Å². The van der Waals surface area contributed by atoms with Crippen LogP contribution in [0.1, 0.15) is 32.6 Å². The Morgan fingerprint density at radius 1 is 1.33 bits per heavy atom. The highest BCUT2D eigenvalue weighted by atomic mass is 32.2. The van der Waals surface area contributed by atoms with Gasteiger partial charge in [-0.1, -0.05) is 25.5 Å². The van der Waals surface area contributed by atoms with E-state index in [1.54, 1.807) is 4.31 Å². The number of thioether (sulfide) groups is 1. The first kappa shape index (κ1) is 16.6. The van der Waals surface area contributed by atoms with Crippen molar-refractivity contribution in [3.8, 4) is 0 Å². The first-order chi connectivity index (χ1) is 10.0. The van der Waals surface area contributed by atoms with Crippen molar-refractivity contribution in [2.75, 3.05) is 23.8 Å². The maximum absolute atomic E-state index is 12.5. The Balaban J connectivity index is 1.89. The molecule has 0 radical (unpaired) electrons. The molecule has 0 bridgehead atoms. The molecule has 0 aromatic heterocycles. The van der Waals surface area contributed by atoms with Crippen molar-refractivity contribution in [1.29, 1.82) is 0 Å². The molecule has 2 rings (SSSR count). The monoisotopic (exact) mass is 328 g/mol. The van der Waals surface area contributed by atoms with Crippen molar-refractivity contribution in [2.45, 2.75) is 43.5 Å². The van der Waals surface area contributed by atoms with E-state index in [-0.39, 0.29) is 11.8 Å². The average molecular weight is 329 g/mol. The van der Waals surface area contributed by atoms with Crippen molar-refractivity contribution in [1.82, 2.24) is 4.31 Å². The van der Waals surface area contributed by atoms with E-state index in [1.165, 1.54) is 11.8 Å². The summed E-state index contributed by atoms with van der Waals surface area (Å²) in [6, 6.07) is 7.84. The highest BCUT2D eigenvalue weighted by Crippen LogP contribution is 2.31. The van der Waals surface area contributed by atoms with E-state index in [9.17, 15) is 8.42 Å². The molecule has 0 amide bonds. The number of nitrogen functional groups attached to an aromatic ring is 1. The second-order valence-corrected chi connectivity index (χ2v) is 8.58. The maximum Gasteiger partial charge on any atom is 0.215 e. The van der Waals surface area contributed by atoms with E-state index in [0.717, 1.165) is 30.6 Å². The quantitative estimate of drug-likeness (QED) is 0.559. The van der Waals surface area contributed by atoms with Crippen LogP contribution in [0.4, 0.5) is 5.69 Å². The zero-order valence-electron chi connectivity index (χ0n) is 12.5. The van der Waals surface area contributed by atoms with Gasteiger partial charge >= 0.3 is 0 Å². The van der Waals surface area contributed by atoms with E-state index in [1.807, 2.05) is 24.3 Å². The molecule has 0 heterocycles. The van der Waals surface area contributed by atoms with Crippen molar-refractivity contribution < 1.29 is 8.42 Å². The summed E-state index contributed by atoms with van der Waals surface area (Å²) in [5, 5.41) is 0. The zero-order valence-corrected chi connectivity index (χ0v) is 14.1. The predicted octanol–water partition coefficient (Wildman–Crippen LogP) is 2.96. The van der Waals surface area contributed by atoms with Crippen molar-refractivity contribution in [3.63, 3.8) is 0 Å². The number of nitrogens with two attached hydrogens (primary N) is 1. The number of sulfonamides is 1. The van der Waals surface area contributed by atoms with Crippen LogP contribution in [0.15, 0.2) is 29.2 Å². The zero-order chi connectivity index (χ0) is 15.3. The third-order valence-corrected chi connectivity index (χ3v) is 6.83. The molecule has 1 fully saturated rings. The lowest BCUT2D eigenvalue weighted by molar-refractivity contribution is 0.396. The summed E-state index contributed by atoms with van der Waals surface area (Å²) >= 11 is 1.52. The molecule has 0 spiro atoms. The summed E-state index contributed by atoms with van der Waals surface area (Å²) in [7, 11) is -3.14. The Kier molecular flexibility index (Phi) is 5.96. The van der Waals surface area contributed by atoms with E-state index in [4.69, 9.17) is 5.73 Å². The minimum Gasteiger partial charge on any atom is -0.398 e. The molecule has 1 aromatic rings. The van der Waals surface area contributed by atoms with Gasteiger partial charge in [0.15, 0.2) is 0 Å². The maximum atomic E-state index is 12.5. The number of rotatable bonds is 9. The van der Waals surface area contributed by atoms with E-state index in [2.05, 4.69) is 6.92 Å². The lowest BCUT2D eigenvalue weighted by Gasteiger charge is -2.21. The standard InChI is InChI=1S/C15H24N2O2S2/c1-2-3-10-17(13-8-9-13)21(18,19)12-11-20-15-7-5-4-6-14(15)16/h4-7,13H,2-3,8-12,16H2,1H3. The number of unbranched alkanes of at least 4 members (excludes halogenated alkanes) is 1. The summed E-state index contributed by atoms with van der Waals surface area (Å²) < 4.78 is 26.7. The van der Waals surface area contributed by atoms with Gasteiger partial charge in [-0.2, -0.15) is 4.31 Å². The molecule has 1 aromatic carbocycles. The molecule has 118 valence electrons. The van der Waals surface area contributed by atoms with Gasteiger partial charge in [-0.15, -0.1) is 11.8 Å². The number of para-hydroxylation sites is 1. The van der Waals surface area contributed by atoms with Crippen LogP contribution < -0.4 is 5.73 Å². The number of benzene rings is 1. The lowest BCUT2D eigenvalue weighted by Crippen LogP contribution is -2.36. The Morgan fingerprint density at radius 3 is 2.67 bits per heavy atom. The van der Waals surface area contributed by atoms with Crippen molar-refractivity contribution >= 4 is 27.5 Å². The molecule has 0 unspecified atom stereocenters. The summed E-state index contributed by atoms with van der Waals surface area (Å²) in [6.45, 7) is 2.76. The second-order valence-electron chi connectivity index (χ2n) is 5.40. The fraction of sp³-hybridized carbons (Fsp3) is 0.600.